The van der Waals surface area contributed by atoms with E-state index in [2.05, 4.69) is 9.97 Å². The van der Waals surface area contributed by atoms with Crippen LogP contribution in [0.25, 0.3) is 10.2 Å². The van der Waals surface area contributed by atoms with Gasteiger partial charge in [-0.3, -0.25) is 9.69 Å². The van der Waals surface area contributed by atoms with E-state index in [-0.39, 0.29) is 22.2 Å². The van der Waals surface area contributed by atoms with E-state index in [4.69, 9.17) is 0 Å². The number of anilines is 1. The molecular weight excluding hydrogens is 463 g/mol. The molecule has 7 nitrogen and oxygen atoms in total. The van der Waals surface area contributed by atoms with Crippen molar-refractivity contribution in [3.8, 4) is 0 Å². The lowest BCUT2D eigenvalue weighted by Gasteiger charge is -2.20. The summed E-state index contributed by atoms with van der Waals surface area (Å²) in [5.41, 5.74) is 0.852. The highest BCUT2D eigenvalue weighted by Crippen LogP contribution is 2.31. The van der Waals surface area contributed by atoms with Gasteiger partial charge in [-0.05, 0) is 56.7 Å². The maximum atomic E-state index is 13.7. The first kappa shape index (κ1) is 23.1. The fourth-order valence-electron chi connectivity index (χ4n) is 3.35. The SMILES string of the molecule is CC(C)S(=O)(=O)c1cccc(C(=O)N(CCCn2ccnc2)c2nc3ccc(F)cc3s2)c1. The Balaban J connectivity index is 1.68. The van der Waals surface area contributed by atoms with Crippen molar-refractivity contribution in [3.63, 3.8) is 0 Å². The highest BCUT2D eigenvalue weighted by molar-refractivity contribution is 7.92. The minimum Gasteiger partial charge on any atom is -0.337 e. The van der Waals surface area contributed by atoms with Crippen LogP contribution in [0.5, 0.6) is 0 Å². The summed E-state index contributed by atoms with van der Waals surface area (Å²) in [4.78, 5) is 23.7. The fourth-order valence-corrected chi connectivity index (χ4v) is 5.47. The number of hydrogen-bond acceptors (Lipinski definition) is 6. The van der Waals surface area contributed by atoms with Gasteiger partial charge >= 0.3 is 0 Å². The van der Waals surface area contributed by atoms with E-state index < -0.39 is 15.1 Å². The molecule has 0 saturated carbocycles. The lowest BCUT2D eigenvalue weighted by molar-refractivity contribution is 0.0986. The normalized spacial score (nSPS) is 11.9. The first-order valence-corrected chi connectivity index (χ1v) is 12.8. The number of fused-ring (bicyclic) bond motifs is 1. The standard InChI is InChI=1S/C23H23FN4O3S2/c1-16(2)33(30,31)19-6-3-5-17(13-19)22(29)28(11-4-10-27-12-9-25-15-27)23-26-20-8-7-18(24)14-21(20)32-23/h3,5-9,12-16H,4,10-11H2,1-2H3. The van der Waals surface area contributed by atoms with E-state index in [1.165, 1.54) is 40.5 Å². The van der Waals surface area contributed by atoms with Gasteiger partial charge in [-0.2, -0.15) is 0 Å². The number of benzene rings is 2. The summed E-state index contributed by atoms with van der Waals surface area (Å²) in [5, 5.41) is -0.170. The third-order valence-electron chi connectivity index (χ3n) is 5.20. The molecular formula is C23H23FN4O3S2. The third-order valence-corrected chi connectivity index (χ3v) is 8.40. The number of hydrogen-bond donors (Lipinski definition) is 0. The first-order chi connectivity index (χ1) is 15.8. The van der Waals surface area contributed by atoms with Crippen molar-refractivity contribution in [1.29, 1.82) is 0 Å². The number of sulfone groups is 1. The second-order valence-electron chi connectivity index (χ2n) is 7.84. The number of nitrogens with zero attached hydrogens (tertiary/aromatic N) is 4. The Morgan fingerprint density at radius 2 is 2.03 bits per heavy atom. The molecule has 0 aliphatic carbocycles. The molecule has 0 N–H and O–H groups in total. The van der Waals surface area contributed by atoms with Crippen LogP contribution in [-0.4, -0.2) is 40.7 Å². The van der Waals surface area contributed by atoms with Crippen LogP contribution in [-0.2, 0) is 16.4 Å². The van der Waals surface area contributed by atoms with E-state index in [0.717, 1.165) is 0 Å². The summed E-state index contributed by atoms with van der Waals surface area (Å²) in [7, 11) is -3.53. The number of halogens is 1. The Hall–Kier alpha value is -3.11. The largest absolute Gasteiger partial charge is 0.337 e. The average Bonchev–Trinajstić information content (AvgIpc) is 3.45. The van der Waals surface area contributed by atoms with E-state index >= 15 is 0 Å². The molecule has 0 atom stereocenters. The molecule has 0 radical (unpaired) electrons. The molecule has 2 aromatic carbocycles. The fraction of sp³-hybridized carbons (Fsp3) is 0.261. The van der Waals surface area contributed by atoms with Crippen molar-refractivity contribution >= 4 is 42.4 Å². The van der Waals surface area contributed by atoms with Crippen molar-refractivity contribution in [2.75, 3.05) is 11.4 Å². The van der Waals surface area contributed by atoms with Crippen molar-refractivity contribution in [2.45, 2.75) is 37.0 Å². The summed E-state index contributed by atoms with van der Waals surface area (Å²) in [6, 6.07) is 10.4. The Kier molecular flexibility index (Phi) is 6.57. The highest BCUT2D eigenvalue weighted by Gasteiger charge is 2.24. The monoisotopic (exact) mass is 486 g/mol. The summed E-state index contributed by atoms with van der Waals surface area (Å²) < 4.78 is 41.5. The average molecular weight is 487 g/mol. The van der Waals surface area contributed by atoms with Crippen LogP contribution in [0.3, 0.4) is 0 Å². The van der Waals surface area contributed by atoms with Gasteiger partial charge in [0.15, 0.2) is 15.0 Å². The molecule has 0 fully saturated rings. The number of aromatic nitrogens is 3. The van der Waals surface area contributed by atoms with E-state index in [1.54, 1.807) is 44.6 Å². The second-order valence-corrected chi connectivity index (χ2v) is 11.4. The van der Waals surface area contributed by atoms with Crippen molar-refractivity contribution in [3.05, 3.63) is 72.6 Å². The second kappa shape index (κ2) is 9.40. The molecule has 2 aromatic heterocycles. The van der Waals surface area contributed by atoms with Gasteiger partial charge in [0.2, 0.25) is 0 Å². The minimum absolute atomic E-state index is 0.105. The maximum absolute atomic E-state index is 13.7. The zero-order valence-electron chi connectivity index (χ0n) is 18.2. The predicted octanol–water partition coefficient (Wildman–Crippen LogP) is 4.55. The van der Waals surface area contributed by atoms with Gasteiger partial charge in [0.05, 0.1) is 26.7 Å². The number of thiazole rings is 1. The molecule has 4 aromatic rings. The quantitative estimate of drug-likeness (QED) is 0.365. The number of amides is 1. The molecule has 0 spiro atoms. The third kappa shape index (κ3) is 4.96. The smallest absolute Gasteiger partial charge is 0.260 e. The topological polar surface area (TPSA) is 85.2 Å². The molecule has 4 rings (SSSR count). The molecule has 0 aliphatic rings. The van der Waals surface area contributed by atoms with Gasteiger partial charge in [-0.25, -0.2) is 22.8 Å². The van der Waals surface area contributed by atoms with Crippen LogP contribution in [0.4, 0.5) is 9.52 Å². The van der Waals surface area contributed by atoms with Crippen molar-refractivity contribution in [1.82, 2.24) is 14.5 Å². The summed E-state index contributed by atoms with van der Waals surface area (Å²) >= 11 is 1.22. The molecule has 0 unspecified atom stereocenters. The molecule has 2 heterocycles. The maximum Gasteiger partial charge on any atom is 0.260 e. The van der Waals surface area contributed by atoms with Gasteiger partial charge in [-0.1, -0.05) is 17.4 Å². The molecule has 0 bridgehead atoms. The Labute approximate surface area is 195 Å². The predicted molar refractivity (Wildman–Crippen MR) is 127 cm³/mol. The Morgan fingerprint density at radius 3 is 2.76 bits per heavy atom. The van der Waals surface area contributed by atoms with E-state index in [1.807, 2.05) is 10.8 Å². The lowest BCUT2D eigenvalue weighted by Crippen LogP contribution is -2.32. The summed E-state index contributed by atoms with van der Waals surface area (Å²) in [6.45, 7) is 4.20. The van der Waals surface area contributed by atoms with Gasteiger partial charge < -0.3 is 4.57 Å². The first-order valence-electron chi connectivity index (χ1n) is 10.4. The number of rotatable bonds is 8. The van der Waals surface area contributed by atoms with Crippen LogP contribution in [0.2, 0.25) is 0 Å². The Morgan fingerprint density at radius 1 is 1.21 bits per heavy atom. The van der Waals surface area contributed by atoms with Gasteiger partial charge in [-0.15, -0.1) is 0 Å². The highest BCUT2D eigenvalue weighted by atomic mass is 32.2. The summed E-state index contributed by atoms with van der Waals surface area (Å²) in [6.07, 6.45) is 5.85. The van der Waals surface area contributed by atoms with Gasteiger partial charge in [0, 0.05) is 31.0 Å². The number of carbonyl (C=O) groups excluding carboxylic acids is 1. The molecule has 0 saturated heterocycles. The van der Waals surface area contributed by atoms with Crippen LogP contribution in [0, 0.1) is 5.82 Å². The van der Waals surface area contributed by atoms with Crippen LogP contribution in [0.1, 0.15) is 30.6 Å². The zero-order valence-corrected chi connectivity index (χ0v) is 19.8. The van der Waals surface area contributed by atoms with E-state index in [0.29, 0.717) is 34.9 Å². The summed E-state index contributed by atoms with van der Waals surface area (Å²) in [5.74, 6) is -0.733. The lowest BCUT2D eigenvalue weighted by atomic mass is 10.2. The zero-order chi connectivity index (χ0) is 23.6. The number of aryl methyl sites for hydroxylation is 1. The van der Waals surface area contributed by atoms with Crippen LogP contribution < -0.4 is 4.90 Å². The van der Waals surface area contributed by atoms with Gasteiger partial charge in [0.25, 0.3) is 5.91 Å². The molecule has 0 aliphatic heterocycles. The van der Waals surface area contributed by atoms with Crippen molar-refractivity contribution < 1.29 is 17.6 Å². The van der Waals surface area contributed by atoms with Crippen LogP contribution >= 0.6 is 11.3 Å². The molecule has 172 valence electrons. The molecule has 1 amide bonds. The molecule has 10 heteroatoms. The van der Waals surface area contributed by atoms with Crippen molar-refractivity contribution in [2.24, 2.45) is 0 Å². The van der Waals surface area contributed by atoms with Crippen LogP contribution in [0.15, 0.2) is 66.1 Å². The van der Waals surface area contributed by atoms with E-state index in [9.17, 15) is 17.6 Å². The number of carbonyl (C=O) groups is 1. The molecule has 33 heavy (non-hydrogen) atoms. The minimum atomic E-state index is -3.53. The number of imidazole rings is 1. The Bertz CT molecular complexity index is 1380. The van der Waals surface area contributed by atoms with Gasteiger partial charge in [0.1, 0.15) is 5.82 Å².